The lowest BCUT2D eigenvalue weighted by Crippen LogP contribution is -2.63. The van der Waals surface area contributed by atoms with Crippen molar-refractivity contribution in [3.05, 3.63) is 24.8 Å². The van der Waals surface area contributed by atoms with Gasteiger partial charge in [-0.15, -0.1) is 0 Å². The number of amides is 11. The molecule has 1 fully saturated rings. The van der Waals surface area contributed by atoms with Gasteiger partial charge in [-0.3, -0.25) is 52.7 Å². The summed E-state index contributed by atoms with van der Waals surface area (Å²) >= 11 is 0. The highest BCUT2D eigenvalue weighted by Gasteiger charge is 2.46. The molecule has 1 aliphatic heterocycles. The summed E-state index contributed by atoms with van der Waals surface area (Å²) in [6, 6.07) is -12.4. The summed E-state index contributed by atoms with van der Waals surface area (Å²) in [5.41, 5.74) is 0. The Kier molecular flexibility index (Phi) is 32.7. The Bertz CT molecular complexity index is 2390. The average Bonchev–Trinajstić information content (AvgIpc) is 2.63. The number of nitrogens with one attached hydrogen (secondary N) is 4. The van der Waals surface area contributed by atoms with Crippen LogP contribution < -0.4 is 21.3 Å². The molecule has 1 rings (SSSR count). The highest BCUT2D eigenvalue weighted by molar-refractivity contribution is 5.99. The van der Waals surface area contributed by atoms with E-state index in [2.05, 4.69) is 27.8 Å². The Morgan fingerprint density at radius 1 is 0.483 bits per heavy atom. The molecule has 496 valence electrons. The number of hydrogen-bond acceptors (Lipinski definition) is 12. The maximum absolute atomic E-state index is 15.2. The first-order chi connectivity index (χ1) is 40.2. The van der Waals surface area contributed by atoms with E-state index in [-0.39, 0.29) is 62.2 Å². The van der Waals surface area contributed by atoms with Crippen molar-refractivity contribution < 1.29 is 57.8 Å². The number of likely N-dealkylation sites (N-methyl/N-ethyl adjacent to an activating group) is 7. The van der Waals surface area contributed by atoms with Crippen LogP contribution in [-0.2, 0) is 52.7 Å². The standard InChI is InChI=1S/C64H113N11O12/c1-25-27-28-30-42(15)54(77)53-58(81)67-45(29-26-2)60(83)69(18)35-50(76)70(19)46(31-36(3)4)57(80)68-51(40(11)12)63(86)71(20)47(32-37(5)6)56(79)65-43(16)55(78)66-44(17)59(82)72(21)48(33-38(7)8)61(84)73(22)49(34-39(9)10)62(85)74(23)52(41(13)14)64(87)75(53)24/h25,27-28,36-49,51-54,77H,1,26,29-35H2,2-24H3,(H,65,79)(H,66,78)(H,67,81)(H,68,80)/b28-27+/t42-,43+,44-,45+,46+,47+,48+,49+,51+,52+,53+,54-/m1/s1. The maximum atomic E-state index is 15.2. The van der Waals surface area contributed by atoms with Crippen molar-refractivity contribution in [3.8, 4) is 0 Å². The number of rotatable bonds is 17. The largest absolute Gasteiger partial charge is 0.390 e. The molecule has 11 amide bonds. The molecular formula is C64H113N11O12. The second kappa shape index (κ2) is 36.2. The Morgan fingerprint density at radius 2 is 0.908 bits per heavy atom. The van der Waals surface area contributed by atoms with Crippen molar-refractivity contribution in [2.24, 2.45) is 41.4 Å². The normalized spacial score (nSPS) is 26.5. The van der Waals surface area contributed by atoms with Gasteiger partial charge in [0.1, 0.15) is 60.4 Å². The minimum atomic E-state index is -1.64. The molecule has 0 saturated carbocycles. The molecule has 1 saturated heterocycles. The topological polar surface area (TPSA) is 279 Å². The van der Waals surface area contributed by atoms with Crippen LogP contribution in [0.2, 0.25) is 0 Å². The third-order valence-electron chi connectivity index (χ3n) is 16.3. The highest BCUT2D eigenvalue weighted by Crippen LogP contribution is 2.26. The fourth-order valence-corrected chi connectivity index (χ4v) is 10.9. The minimum Gasteiger partial charge on any atom is -0.390 e. The number of aliphatic hydroxyl groups excluding tert-OH is 1. The molecule has 0 aromatic heterocycles. The Hall–Kier alpha value is -6.39. The molecule has 0 aliphatic carbocycles. The summed E-state index contributed by atoms with van der Waals surface area (Å²) in [6.07, 6.45) is 4.76. The summed E-state index contributed by atoms with van der Waals surface area (Å²) in [5, 5.41) is 23.2. The van der Waals surface area contributed by atoms with Gasteiger partial charge in [-0.1, -0.05) is 128 Å². The second-order valence-electron chi connectivity index (χ2n) is 26.6. The van der Waals surface area contributed by atoms with Crippen LogP contribution in [0.1, 0.15) is 156 Å². The van der Waals surface area contributed by atoms with Crippen LogP contribution in [0, 0.1) is 41.4 Å². The number of allylic oxidation sites excluding steroid dienone is 3. The summed E-state index contributed by atoms with van der Waals surface area (Å²) in [5.74, 6) is -9.82. The monoisotopic (exact) mass is 1230 g/mol. The first-order valence-electron chi connectivity index (χ1n) is 31.2. The van der Waals surface area contributed by atoms with Gasteiger partial charge in [0, 0.05) is 49.3 Å². The van der Waals surface area contributed by atoms with Crippen molar-refractivity contribution in [2.75, 3.05) is 55.9 Å². The van der Waals surface area contributed by atoms with Crippen molar-refractivity contribution in [3.63, 3.8) is 0 Å². The molecule has 23 nitrogen and oxygen atoms in total. The van der Waals surface area contributed by atoms with E-state index in [9.17, 15) is 48.3 Å². The van der Waals surface area contributed by atoms with E-state index in [0.717, 1.165) is 9.80 Å². The molecule has 87 heavy (non-hydrogen) atoms. The predicted octanol–water partition coefficient (Wildman–Crippen LogP) is 3.83. The van der Waals surface area contributed by atoms with Crippen molar-refractivity contribution >= 4 is 65.0 Å². The fourth-order valence-electron chi connectivity index (χ4n) is 10.9. The van der Waals surface area contributed by atoms with Gasteiger partial charge in [0.25, 0.3) is 0 Å². The predicted molar refractivity (Wildman–Crippen MR) is 338 cm³/mol. The molecule has 0 spiro atoms. The van der Waals surface area contributed by atoms with Crippen LogP contribution in [-0.4, -0.2) is 227 Å². The third-order valence-corrected chi connectivity index (χ3v) is 16.3. The average molecular weight is 1230 g/mol. The van der Waals surface area contributed by atoms with Gasteiger partial charge in [-0.2, -0.15) is 0 Å². The van der Waals surface area contributed by atoms with E-state index in [4.69, 9.17) is 0 Å². The molecule has 12 atom stereocenters. The van der Waals surface area contributed by atoms with E-state index >= 15 is 9.59 Å². The van der Waals surface area contributed by atoms with E-state index in [1.807, 2.05) is 55.4 Å². The van der Waals surface area contributed by atoms with E-state index < -0.39 is 156 Å². The lowest BCUT2D eigenvalue weighted by Gasteiger charge is -2.41. The summed E-state index contributed by atoms with van der Waals surface area (Å²) in [6.45, 7) is 31.4. The SMILES string of the molecule is C=C/C=C/C[C@@H](C)[C@@H](O)[C@H]1C(=O)N[C@@H](CCC)C(=O)N(C)CC(=O)N(C)[C@@H](CC(C)C)C(=O)N[C@@H](C(C)C)C(=O)N(C)[C@@H](CC(C)C)C(=O)N[C@@H](C)C(=O)N[C@H](C)C(=O)N(C)[C@@H](CC(C)C)C(=O)N(C)[C@@H](CC(C)C)C(=O)N(C)[C@@H](C(C)C)C(=O)N1C. The van der Waals surface area contributed by atoms with Crippen molar-refractivity contribution in [1.82, 2.24) is 55.6 Å². The second-order valence-corrected chi connectivity index (χ2v) is 26.6. The van der Waals surface area contributed by atoms with Gasteiger partial charge in [-0.25, -0.2) is 0 Å². The Morgan fingerprint density at radius 3 is 1.37 bits per heavy atom. The molecular weight excluding hydrogens is 1110 g/mol. The number of nitrogens with zero attached hydrogens (tertiary/aromatic N) is 7. The minimum absolute atomic E-state index is 0.0819. The molecule has 0 aromatic carbocycles. The first kappa shape index (κ1) is 78.6. The maximum Gasteiger partial charge on any atom is 0.246 e. The zero-order valence-corrected chi connectivity index (χ0v) is 57.1. The van der Waals surface area contributed by atoms with E-state index in [1.165, 1.54) is 87.7 Å². The van der Waals surface area contributed by atoms with Crippen LogP contribution in [0.5, 0.6) is 0 Å². The quantitative estimate of drug-likeness (QED) is 0.130. The molecule has 5 N–H and O–H groups in total. The summed E-state index contributed by atoms with van der Waals surface area (Å²) in [4.78, 5) is 169. The molecule has 1 aliphatic rings. The third kappa shape index (κ3) is 22.6. The number of carbonyl (C=O) groups excluding carboxylic acids is 11. The smallest absolute Gasteiger partial charge is 0.246 e. The van der Waals surface area contributed by atoms with E-state index in [1.54, 1.807) is 59.8 Å². The van der Waals surface area contributed by atoms with Crippen LogP contribution in [0.15, 0.2) is 24.8 Å². The molecule has 0 radical (unpaired) electrons. The molecule has 0 bridgehead atoms. The highest BCUT2D eigenvalue weighted by atomic mass is 16.3. The number of aliphatic hydroxyl groups is 1. The Labute approximate surface area is 520 Å². The van der Waals surface area contributed by atoms with Crippen LogP contribution >= 0.6 is 0 Å². The zero-order valence-electron chi connectivity index (χ0n) is 57.1. The van der Waals surface area contributed by atoms with E-state index in [0.29, 0.717) is 6.42 Å². The molecule has 0 aromatic rings. The van der Waals surface area contributed by atoms with Gasteiger partial charge in [-0.05, 0) is 93.8 Å². The summed E-state index contributed by atoms with van der Waals surface area (Å²) in [7, 11) is 9.92. The number of hydrogen-bond donors (Lipinski definition) is 5. The van der Waals surface area contributed by atoms with Gasteiger partial charge in [0.2, 0.25) is 65.0 Å². The van der Waals surface area contributed by atoms with Gasteiger partial charge >= 0.3 is 0 Å². The Balaban J connectivity index is 4.37. The number of carbonyl (C=O) groups is 11. The lowest BCUT2D eigenvalue weighted by molar-refractivity contribution is -0.157. The van der Waals surface area contributed by atoms with Crippen molar-refractivity contribution in [2.45, 2.75) is 222 Å². The fraction of sp³-hybridized carbons (Fsp3) is 0.766. The lowest BCUT2D eigenvalue weighted by atomic mass is 9.91. The first-order valence-corrected chi connectivity index (χ1v) is 31.2. The molecule has 23 heteroatoms. The van der Waals surface area contributed by atoms with Crippen LogP contribution in [0.3, 0.4) is 0 Å². The zero-order chi connectivity index (χ0) is 67.4. The van der Waals surface area contributed by atoms with Crippen LogP contribution in [0.25, 0.3) is 0 Å². The van der Waals surface area contributed by atoms with Gasteiger partial charge in [0.05, 0.1) is 12.6 Å². The summed E-state index contributed by atoms with van der Waals surface area (Å²) < 4.78 is 0. The van der Waals surface area contributed by atoms with Crippen molar-refractivity contribution in [1.29, 1.82) is 0 Å². The molecule has 1 heterocycles. The van der Waals surface area contributed by atoms with Crippen LogP contribution in [0.4, 0.5) is 0 Å². The van der Waals surface area contributed by atoms with Gasteiger partial charge < -0.3 is 60.7 Å². The van der Waals surface area contributed by atoms with Gasteiger partial charge in [0.15, 0.2) is 0 Å². The molecule has 0 unspecified atom stereocenters.